The monoisotopic (exact) mass is 249 g/mol. The standard InChI is InChI=1S/C15H23NO2/c1-5-10-16(11-6-2)13-8-7-9-14(18-4)15(13)12(3)17/h5,7-9,12,17H,1,6,10-11H2,2-4H3/t12-/m1/s1. The summed E-state index contributed by atoms with van der Waals surface area (Å²) in [5.74, 6) is 0.729. The molecule has 0 spiro atoms. The molecule has 0 saturated carbocycles. The summed E-state index contributed by atoms with van der Waals surface area (Å²) in [6, 6.07) is 5.85. The molecule has 0 saturated heterocycles. The molecule has 1 aromatic carbocycles. The fourth-order valence-electron chi connectivity index (χ4n) is 2.14. The fraction of sp³-hybridized carbons (Fsp3) is 0.467. The van der Waals surface area contributed by atoms with Crippen molar-refractivity contribution in [3.05, 3.63) is 36.4 Å². The van der Waals surface area contributed by atoms with Gasteiger partial charge >= 0.3 is 0 Å². The Morgan fingerprint density at radius 2 is 2.22 bits per heavy atom. The second-order valence-corrected chi connectivity index (χ2v) is 4.30. The smallest absolute Gasteiger partial charge is 0.126 e. The van der Waals surface area contributed by atoms with Gasteiger partial charge in [0.1, 0.15) is 5.75 Å². The second kappa shape index (κ2) is 7.07. The van der Waals surface area contributed by atoms with Crippen LogP contribution in [0.2, 0.25) is 0 Å². The van der Waals surface area contributed by atoms with Crippen molar-refractivity contribution in [2.75, 3.05) is 25.1 Å². The van der Waals surface area contributed by atoms with Crippen molar-refractivity contribution in [2.45, 2.75) is 26.4 Å². The van der Waals surface area contributed by atoms with E-state index in [2.05, 4.69) is 18.4 Å². The van der Waals surface area contributed by atoms with Gasteiger partial charge in [-0.15, -0.1) is 6.58 Å². The van der Waals surface area contributed by atoms with Crippen molar-refractivity contribution in [1.29, 1.82) is 0 Å². The predicted octanol–water partition coefficient (Wildman–Crippen LogP) is 3.15. The summed E-state index contributed by atoms with van der Waals surface area (Å²) in [7, 11) is 1.63. The normalized spacial score (nSPS) is 12.0. The van der Waals surface area contributed by atoms with Gasteiger partial charge in [-0.3, -0.25) is 0 Å². The van der Waals surface area contributed by atoms with E-state index in [0.717, 1.165) is 36.5 Å². The minimum absolute atomic E-state index is 0.555. The lowest BCUT2D eigenvalue weighted by molar-refractivity contribution is 0.194. The topological polar surface area (TPSA) is 32.7 Å². The van der Waals surface area contributed by atoms with Gasteiger partial charge in [0.15, 0.2) is 0 Å². The van der Waals surface area contributed by atoms with E-state index in [1.165, 1.54) is 0 Å². The molecule has 0 aromatic heterocycles. The first-order valence-electron chi connectivity index (χ1n) is 6.36. The molecule has 0 amide bonds. The Morgan fingerprint density at radius 3 is 2.72 bits per heavy atom. The van der Waals surface area contributed by atoms with Crippen LogP contribution in [0.15, 0.2) is 30.9 Å². The molecule has 1 N–H and O–H groups in total. The molecule has 3 nitrogen and oxygen atoms in total. The molecule has 0 heterocycles. The Labute approximate surface area is 110 Å². The minimum Gasteiger partial charge on any atom is -0.496 e. The number of benzene rings is 1. The zero-order chi connectivity index (χ0) is 13.5. The summed E-state index contributed by atoms with van der Waals surface area (Å²) in [6.07, 6.45) is 2.37. The Balaban J connectivity index is 3.22. The third-order valence-electron chi connectivity index (χ3n) is 2.86. The van der Waals surface area contributed by atoms with Crippen LogP contribution in [-0.4, -0.2) is 25.3 Å². The number of anilines is 1. The molecule has 100 valence electrons. The maximum absolute atomic E-state index is 9.97. The van der Waals surface area contributed by atoms with Crippen LogP contribution >= 0.6 is 0 Å². The highest BCUT2D eigenvalue weighted by Crippen LogP contribution is 2.34. The highest BCUT2D eigenvalue weighted by molar-refractivity contribution is 5.60. The van der Waals surface area contributed by atoms with E-state index < -0.39 is 6.10 Å². The summed E-state index contributed by atoms with van der Waals surface area (Å²) in [5.41, 5.74) is 1.86. The Bertz CT molecular complexity index is 388. The number of aliphatic hydroxyl groups is 1. The Hall–Kier alpha value is -1.48. The average molecular weight is 249 g/mol. The van der Waals surface area contributed by atoms with Gasteiger partial charge in [-0.05, 0) is 25.5 Å². The van der Waals surface area contributed by atoms with Gasteiger partial charge in [-0.2, -0.15) is 0 Å². The molecule has 0 unspecified atom stereocenters. The molecule has 1 aromatic rings. The van der Waals surface area contributed by atoms with Crippen molar-refractivity contribution in [3.8, 4) is 5.75 Å². The van der Waals surface area contributed by atoms with Crippen LogP contribution in [-0.2, 0) is 0 Å². The molecule has 0 fully saturated rings. The van der Waals surface area contributed by atoms with Crippen molar-refractivity contribution >= 4 is 5.69 Å². The summed E-state index contributed by atoms with van der Waals surface area (Å²) in [4.78, 5) is 2.21. The van der Waals surface area contributed by atoms with E-state index in [9.17, 15) is 5.11 Å². The van der Waals surface area contributed by atoms with Gasteiger partial charge in [-0.25, -0.2) is 0 Å². The highest BCUT2D eigenvalue weighted by Gasteiger charge is 2.17. The van der Waals surface area contributed by atoms with Crippen LogP contribution in [0, 0.1) is 0 Å². The number of aliphatic hydroxyl groups excluding tert-OH is 1. The van der Waals surface area contributed by atoms with Gasteiger partial charge in [0, 0.05) is 24.3 Å². The van der Waals surface area contributed by atoms with E-state index in [4.69, 9.17) is 4.74 Å². The molecule has 3 heteroatoms. The lowest BCUT2D eigenvalue weighted by Gasteiger charge is -2.27. The van der Waals surface area contributed by atoms with Crippen molar-refractivity contribution < 1.29 is 9.84 Å². The SMILES string of the molecule is C=CCN(CCC)c1cccc(OC)c1[C@@H](C)O. The van der Waals surface area contributed by atoms with Crippen LogP contribution in [0.1, 0.15) is 31.9 Å². The maximum Gasteiger partial charge on any atom is 0.126 e. The van der Waals surface area contributed by atoms with Crippen molar-refractivity contribution in [3.63, 3.8) is 0 Å². The lowest BCUT2D eigenvalue weighted by Crippen LogP contribution is -2.25. The third kappa shape index (κ3) is 3.26. The molecule has 0 aliphatic rings. The largest absolute Gasteiger partial charge is 0.496 e. The maximum atomic E-state index is 9.97. The van der Waals surface area contributed by atoms with Crippen LogP contribution in [0.3, 0.4) is 0 Å². The van der Waals surface area contributed by atoms with Crippen LogP contribution in [0.4, 0.5) is 5.69 Å². The van der Waals surface area contributed by atoms with Crippen LogP contribution in [0.5, 0.6) is 5.75 Å². The number of ether oxygens (including phenoxy) is 1. The summed E-state index contributed by atoms with van der Waals surface area (Å²) in [5, 5.41) is 9.97. The minimum atomic E-state index is -0.555. The zero-order valence-corrected chi connectivity index (χ0v) is 11.5. The first-order valence-corrected chi connectivity index (χ1v) is 6.36. The quantitative estimate of drug-likeness (QED) is 0.753. The molecule has 0 radical (unpaired) electrons. The van der Waals surface area contributed by atoms with E-state index in [1.54, 1.807) is 14.0 Å². The van der Waals surface area contributed by atoms with Crippen LogP contribution in [0.25, 0.3) is 0 Å². The van der Waals surface area contributed by atoms with Gasteiger partial charge < -0.3 is 14.7 Å². The number of hydrogen-bond acceptors (Lipinski definition) is 3. The fourth-order valence-corrected chi connectivity index (χ4v) is 2.14. The molecule has 0 aliphatic heterocycles. The number of nitrogens with zero attached hydrogens (tertiary/aromatic N) is 1. The van der Waals surface area contributed by atoms with E-state index in [0.29, 0.717) is 0 Å². The van der Waals surface area contributed by atoms with Gasteiger partial charge in [0.25, 0.3) is 0 Å². The van der Waals surface area contributed by atoms with Crippen LogP contribution < -0.4 is 9.64 Å². The molecular formula is C15H23NO2. The van der Waals surface area contributed by atoms with E-state index in [-0.39, 0.29) is 0 Å². The second-order valence-electron chi connectivity index (χ2n) is 4.30. The number of hydrogen-bond donors (Lipinski definition) is 1. The first-order chi connectivity index (χ1) is 8.65. The molecule has 0 bridgehead atoms. The van der Waals surface area contributed by atoms with E-state index >= 15 is 0 Å². The van der Waals surface area contributed by atoms with Crippen molar-refractivity contribution in [2.24, 2.45) is 0 Å². The molecule has 1 atom stereocenters. The summed E-state index contributed by atoms with van der Waals surface area (Å²) in [6.45, 7) is 9.38. The predicted molar refractivity (Wildman–Crippen MR) is 76.3 cm³/mol. The van der Waals surface area contributed by atoms with Gasteiger partial charge in [0.2, 0.25) is 0 Å². The summed E-state index contributed by atoms with van der Waals surface area (Å²) < 4.78 is 5.34. The lowest BCUT2D eigenvalue weighted by atomic mass is 10.1. The average Bonchev–Trinajstić information content (AvgIpc) is 2.37. The zero-order valence-electron chi connectivity index (χ0n) is 11.5. The Morgan fingerprint density at radius 1 is 1.50 bits per heavy atom. The molecule has 18 heavy (non-hydrogen) atoms. The number of rotatable bonds is 7. The number of methoxy groups -OCH3 is 1. The first kappa shape index (κ1) is 14.6. The van der Waals surface area contributed by atoms with Gasteiger partial charge in [0.05, 0.1) is 13.2 Å². The van der Waals surface area contributed by atoms with E-state index in [1.807, 2.05) is 24.3 Å². The highest BCUT2D eigenvalue weighted by atomic mass is 16.5. The molecular weight excluding hydrogens is 226 g/mol. The summed E-state index contributed by atoms with van der Waals surface area (Å²) >= 11 is 0. The van der Waals surface area contributed by atoms with Crippen molar-refractivity contribution in [1.82, 2.24) is 0 Å². The molecule has 0 aliphatic carbocycles. The molecule has 1 rings (SSSR count). The van der Waals surface area contributed by atoms with Gasteiger partial charge in [-0.1, -0.05) is 19.1 Å². The third-order valence-corrected chi connectivity index (χ3v) is 2.86. The Kier molecular flexibility index (Phi) is 5.72.